The molecule has 0 aliphatic carbocycles. The minimum absolute atomic E-state index is 0.516. The molecule has 0 radical (unpaired) electrons. The largest absolute Gasteiger partial charge is 0.339 e. The van der Waals surface area contributed by atoms with E-state index in [9.17, 15) is 0 Å². The van der Waals surface area contributed by atoms with Crippen molar-refractivity contribution in [1.29, 1.82) is 0 Å². The molecule has 86 valence electrons. The number of aromatic nitrogens is 2. The van der Waals surface area contributed by atoms with Crippen molar-refractivity contribution < 1.29 is 4.52 Å². The second-order valence-electron chi connectivity index (χ2n) is 3.85. The number of nitrogens with one attached hydrogen (secondary N) is 1. The average molecular weight is 211 g/mol. The lowest BCUT2D eigenvalue weighted by Crippen LogP contribution is -2.27. The van der Waals surface area contributed by atoms with Crippen molar-refractivity contribution in [3.05, 3.63) is 11.7 Å². The summed E-state index contributed by atoms with van der Waals surface area (Å²) < 4.78 is 5.12. The van der Waals surface area contributed by atoms with E-state index in [1.54, 1.807) is 0 Å². The van der Waals surface area contributed by atoms with E-state index in [2.05, 4.69) is 29.3 Å². The summed E-state index contributed by atoms with van der Waals surface area (Å²) in [4.78, 5) is 4.28. The summed E-state index contributed by atoms with van der Waals surface area (Å²) >= 11 is 0. The molecule has 0 aliphatic rings. The van der Waals surface area contributed by atoms with Gasteiger partial charge in [-0.1, -0.05) is 19.0 Å². The molecule has 1 heterocycles. The van der Waals surface area contributed by atoms with Gasteiger partial charge < -0.3 is 9.84 Å². The Morgan fingerprint density at radius 1 is 1.40 bits per heavy atom. The maximum absolute atomic E-state index is 5.12. The molecular formula is C11H21N3O. The van der Waals surface area contributed by atoms with Crippen molar-refractivity contribution >= 4 is 0 Å². The fourth-order valence-electron chi connectivity index (χ4n) is 1.37. The van der Waals surface area contributed by atoms with E-state index in [0.717, 1.165) is 37.5 Å². The van der Waals surface area contributed by atoms with Gasteiger partial charge in [0.25, 0.3) is 0 Å². The maximum atomic E-state index is 5.12. The van der Waals surface area contributed by atoms with Crippen molar-refractivity contribution in [1.82, 2.24) is 15.5 Å². The van der Waals surface area contributed by atoms with Crippen LogP contribution in [-0.4, -0.2) is 22.7 Å². The first kappa shape index (κ1) is 12.2. The molecule has 0 bridgehead atoms. The van der Waals surface area contributed by atoms with Crippen LogP contribution in [0, 0.1) is 0 Å². The van der Waals surface area contributed by atoms with Crippen LogP contribution in [0.1, 0.15) is 45.3 Å². The number of rotatable bonds is 7. The summed E-state index contributed by atoms with van der Waals surface area (Å²) in [6, 6.07) is 0.516. The van der Waals surface area contributed by atoms with Crippen LogP contribution in [0.25, 0.3) is 0 Å². The first-order valence-corrected chi connectivity index (χ1v) is 5.81. The molecule has 0 aromatic carbocycles. The Balaban J connectivity index is 2.24. The Labute approximate surface area is 91.5 Å². The van der Waals surface area contributed by atoms with Crippen LogP contribution in [0.4, 0.5) is 0 Å². The van der Waals surface area contributed by atoms with Crippen LogP contribution in [0.2, 0.25) is 0 Å². The molecule has 1 N–H and O–H groups in total. The maximum Gasteiger partial charge on any atom is 0.226 e. The van der Waals surface area contributed by atoms with Gasteiger partial charge in [0.05, 0.1) is 0 Å². The minimum atomic E-state index is 0.516. The van der Waals surface area contributed by atoms with Crippen molar-refractivity contribution in [2.45, 2.75) is 52.5 Å². The van der Waals surface area contributed by atoms with E-state index in [1.807, 2.05) is 6.92 Å². The van der Waals surface area contributed by atoms with Gasteiger partial charge in [0.1, 0.15) is 0 Å². The molecule has 0 fully saturated rings. The Kier molecular flexibility index (Phi) is 5.32. The van der Waals surface area contributed by atoms with Crippen LogP contribution in [0.15, 0.2) is 4.52 Å². The van der Waals surface area contributed by atoms with Crippen LogP contribution < -0.4 is 5.32 Å². The van der Waals surface area contributed by atoms with E-state index in [4.69, 9.17) is 4.52 Å². The normalized spacial score (nSPS) is 13.0. The number of hydrogen-bond donors (Lipinski definition) is 1. The van der Waals surface area contributed by atoms with E-state index in [0.29, 0.717) is 6.04 Å². The Hall–Kier alpha value is -0.900. The lowest BCUT2D eigenvalue weighted by Gasteiger charge is -2.10. The molecular weight excluding hydrogens is 190 g/mol. The monoisotopic (exact) mass is 211 g/mol. The van der Waals surface area contributed by atoms with Gasteiger partial charge in [0.2, 0.25) is 5.89 Å². The predicted molar refractivity (Wildman–Crippen MR) is 59.8 cm³/mol. The predicted octanol–water partition coefficient (Wildman–Crippen LogP) is 1.95. The molecule has 4 heteroatoms. The fourth-order valence-corrected chi connectivity index (χ4v) is 1.37. The smallest absolute Gasteiger partial charge is 0.226 e. The van der Waals surface area contributed by atoms with E-state index in [-0.39, 0.29) is 0 Å². The highest BCUT2D eigenvalue weighted by Gasteiger charge is 2.07. The summed E-state index contributed by atoms with van der Waals surface area (Å²) in [5, 5.41) is 7.30. The fraction of sp³-hybridized carbons (Fsp3) is 0.818. The summed E-state index contributed by atoms with van der Waals surface area (Å²) in [7, 11) is 0. The van der Waals surface area contributed by atoms with Crippen molar-refractivity contribution in [2.24, 2.45) is 0 Å². The zero-order valence-corrected chi connectivity index (χ0v) is 9.92. The summed E-state index contributed by atoms with van der Waals surface area (Å²) in [6.07, 6.45) is 3.92. The van der Waals surface area contributed by atoms with Gasteiger partial charge in [0.15, 0.2) is 5.82 Å². The van der Waals surface area contributed by atoms with Crippen molar-refractivity contribution in [2.75, 3.05) is 6.54 Å². The highest BCUT2D eigenvalue weighted by molar-refractivity contribution is 4.86. The topological polar surface area (TPSA) is 51.0 Å². The van der Waals surface area contributed by atoms with Crippen LogP contribution in [0.5, 0.6) is 0 Å². The zero-order valence-electron chi connectivity index (χ0n) is 9.92. The molecule has 0 spiro atoms. The van der Waals surface area contributed by atoms with E-state index >= 15 is 0 Å². The third-order valence-corrected chi connectivity index (χ3v) is 2.36. The van der Waals surface area contributed by atoms with Crippen LogP contribution in [0.3, 0.4) is 0 Å². The first-order valence-electron chi connectivity index (χ1n) is 5.81. The zero-order chi connectivity index (χ0) is 11.1. The van der Waals surface area contributed by atoms with Crippen LogP contribution in [-0.2, 0) is 12.8 Å². The number of nitrogens with zero attached hydrogens (tertiary/aromatic N) is 2. The molecule has 0 aliphatic heterocycles. The average Bonchev–Trinajstić information content (AvgIpc) is 2.71. The first-order chi connectivity index (χ1) is 7.26. The van der Waals surface area contributed by atoms with Gasteiger partial charge in [-0.15, -0.1) is 0 Å². The highest BCUT2D eigenvalue weighted by atomic mass is 16.5. The number of hydrogen-bond acceptors (Lipinski definition) is 4. The molecule has 0 saturated heterocycles. The summed E-state index contributed by atoms with van der Waals surface area (Å²) in [6.45, 7) is 7.46. The third kappa shape index (κ3) is 4.42. The highest BCUT2D eigenvalue weighted by Crippen LogP contribution is 2.03. The molecule has 15 heavy (non-hydrogen) atoms. The van der Waals surface area contributed by atoms with E-state index in [1.165, 1.54) is 6.42 Å². The lowest BCUT2D eigenvalue weighted by molar-refractivity contribution is 0.363. The lowest BCUT2D eigenvalue weighted by atomic mass is 10.2. The Morgan fingerprint density at radius 3 is 2.80 bits per heavy atom. The minimum Gasteiger partial charge on any atom is -0.339 e. The molecule has 1 atom stereocenters. The second-order valence-corrected chi connectivity index (χ2v) is 3.85. The Bertz CT molecular complexity index is 273. The standard InChI is InChI=1S/C11H21N3O/c1-4-8-12-9(3)6-7-11-13-10(5-2)14-15-11/h9,12H,4-8H2,1-3H3. The van der Waals surface area contributed by atoms with Gasteiger partial charge in [0, 0.05) is 18.9 Å². The van der Waals surface area contributed by atoms with Crippen molar-refractivity contribution in [3.63, 3.8) is 0 Å². The quantitative estimate of drug-likeness (QED) is 0.749. The summed E-state index contributed by atoms with van der Waals surface area (Å²) in [5.41, 5.74) is 0. The summed E-state index contributed by atoms with van der Waals surface area (Å²) in [5.74, 6) is 1.57. The van der Waals surface area contributed by atoms with Gasteiger partial charge >= 0.3 is 0 Å². The van der Waals surface area contributed by atoms with E-state index < -0.39 is 0 Å². The van der Waals surface area contributed by atoms with Gasteiger partial charge in [-0.3, -0.25) is 0 Å². The van der Waals surface area contributed by atoms with Crippen LogP contribution >= 0.6 is 0 Å². The molecule has 1 unspecified atom stereocenters. The molecule has 1 aromatic rings. The molecule has 1 rings (SSSR count). The third-order valence-electron chi connectivity index (χ3n) is 2.36. The molecule has 0 saturated carbocycles. The molecule has 4 nitrogen and oxygen atoms in total. The van der Waals surface area contributed by atoms with Crippen molar-refractivity contribution in [3.8, 4) is 0 Å². The van der Waals surface area contributed by atoms with Gasteiger partial charge in [-0.2, -0.15) is 4.98 Å². The second kappa shape index (κ2) is 6.56. The SMILES string of the molecule is CCCNC(C)CCc1nc(CC)no1. The van der Waals surface area contributed by atoms with Gasteiger partial charge in [-0.25, -0.2) is 0 Å². The van der Waals surface area contributed by atoms with Gasteiger partial charge in [-0.05, 0) is 26.3 Å². The molecule has 1 aromatic heterocycles. The Morgan fingerprint density at radius 2 is 2.20 bits per heavy atom. The number of aryl methyl sites for hydroxylation is 2. The molecule has 0 amide bonds.